The first-order valence-corrected chi connectivity index (χ1v) is 7.76. The Balaban J connectivity index is 2.00. The number of hydrogen-bond acceptors (Lipinski definition) is 5. The molecule has 2 rings (SSSR count). The number of aromatic nitrogens is 2. The van der Waals surface area contributed by atoms with Gasteiger partial charge in [-0.3, -0.25) is 4.79 Å². The molecule has 0 aliphatic rings. The van der Waals surface area contributed by atoms with E-state index in [9.17, 15) is 9.18 Å². The van der Waals surface area contributed by atoms with Gasteiger partial charge < -0.3 is 5.32 Å². The lowest BCUT2D eigenvalue weighted by atomic mass is 10.3. The van der Waals surface area contributed by atoms with Crippen LogP contribution in [-0.2, 0) is 4.79 Å². The molecule has 1 heterocycles. The highest BCUT2D eigenvalue weighted by molar-refractivity contribution is 8.02. The first-order chi connectivity index (χ1) is 9.45. The van der Waals surface area contributed by atoms with Crippen LogP contribution in [0.1, 0.15) is 11.9 Å². The van der Waals surface area contributed by atoms with Gasteiger partial charge in [0, 0.05) is 5.02 Å². The molecule has 20 heavy (non-hydrogen) atoms. The van der Waals surface area contributed by atoms with Crippen LogP contribution in [0.25, 0.3) is 0 Å². The number of carbonyl (C=O) groups excluding carboxylic acids is 1. The van der Waals surface area contributed by atoms with Crippen molar-refractivity contribution in [2.75, 3.05) is 5.32 Å². The van der Waals surface area contributed by atoms with Crippen LogP contribution in [0, 0.1) is 12.7 Å². The van der Waals surface area contributed by atoms with E-state index in [2.05, 4.69) is 15.5 Å². The van der Waals surface area contributed by atoms with Crippen molar-refractivity contribution >= 4 is 46.3 Å². The molecule has 0 unspecified atom stereocenters. The minimum atomic E-state index is -0.560. The number of carbonyl (C=O) groups is 1. The quantitative estimate of drug-likeness (QED) is 0.867. The summed E-state index contributed by atoms with van der Waals surface area (Å²) in [5.74, 6) is -0.862. The van der Waals surface area contributed by atoms with Gasteiger partial charge in [0.05, 0.1) is 10.9 Å². The van der Waals surface area contributed by atoms with Gasteiger partial charge >= 0.3 is 0 Å². The molecule has 0 aliphatic carbocycles. The van der Waals surface area contributed by atoms with Crippen molar-refractivity contribution in [3.05, 3.63) is 34.0 Å². The Hall–Kier alpha value is -1.18. The monoisotopic (exact) mass is 331 g/mol. The first kappa shape index (κ1) is 15.2. The zero-order valence-electron chi connectivity index (χ0n) is 10.7. The summed E-state index contributed by atoms with van der Waals surface area (Å²) < 4.78 is 14.3. The van der Waals surface area contributed by atoms with Crippen LogP contribution < -0.4 is 5.32 Å². The smallest absolute Gasteiger partial charge is 0.237 e. The van der Waals surface area contributed by atoms with Crippen molar-refractivity contribution in [2.24, 2.45) is 0 Å². The first-order valence-electron chi connectivity index (χ1n) is 5.68. The van der Waals surface area contributed by atoms with Crippen molar-refractivity contribution < 1.29 is 9.18 Å². The second-order valence-corrected chi connectivity index (χ2v) is 7.17. The predicted molar refractivity (Wildman–Crippen MR) is 80.0 cm³/mol. The number of nitrogens with one attached hydrogen (secondary N) is 1. The summed E-state index contributed by atoms with van der Waals surface area (Å²) in [5.41, 5.74) is 0.111. The Kier molecular flexibility index (Phi) is 4.95. The van der Waals surface area contributed by atoms with Crippen LogP contribution in [0.3, 0.4) is 0 Å². The van der Waals surface area contributed by atoms with Crippen molar-refractivity contribution in [3.63, 3.8) is 0 Å². The predicted octanol–water partition coefficient (Wildman–Crippen LogP) is 3.76. The lowest BCUT2D eigenvalue weighted by Gasteiger charge is -2.11. The molecule has 1 amide bonds. The van der Waals surface area contributed by atoms with Gasteiger partial charge in [-0.2, -0.15) is 0 Å². The van der Waals surface area contributed by atoms with E-state index in [1.807, 2.05) is 6.92 Å². The molecule has 1 aromatic carbocycles. The Labute approximate surface area is 128 Å². The molecule has 1 atom stereocenters. The molecule has 0 fully saturated rings. The lowest BCUT2D eigenvalue weighted by molar-refractivity contribution is -0.115. The molecular weight excluding hydrogens is 321 g/mol. The Morgan fingerprint density at radius 2 is 2.25 bits per heavy atom. The summed E-state index contributed by atoms with van der Waals surface area (Å²) in [5, 5.41) is 11.1. The summed E-state index contributed by atoms with van der Waals surface area (Å²) in [7, 11) is 0. The Morgan fingerprint density at radius 1 is 1.50 bits per heavy atom. The average molecular weight is 332 g/mol. The largest absolute Gasteiger partial charge is 0.323 e. The molecule has 0 aliphatic heterocycles. The number of aryl methyl sites for hydroxylation is 1. The lowest BCUT2D eigenvalue weighted by Crippen LogP contribution is -2.22. The number of benzene rings is 1. The van der Waals surface area contributed by atoms with Gasteiger partial charge in [0.1, 0.15) is 10.8 Å². The fourth-order valence-corrected chi connectivity index (χ4v) is 3.47. The fraction of sp³-hybridized carbons (Fsp3) is 0.250. The van der Waals surface area contributed by atoms with Gasteiger partial charge in [0.15, 0.2) is 4.34 Å². The number of amides is 1. The zero-order valence-corrected chi connectivity index (χ0v) is 13.1. The zero-order chi connectivity index (χ0) is 14.7. The molecular formula is C12H11ClFN3OS2. The number of anilines is 1. The Morgan fingerprint density at radius 3 is 2.85 bits per heavy atom. The van der Waals surface area contributed by atoms with Gasteiger partial charge in [-0.25, -0.2) is 4.39 Å². The topological polar surface area (TPSA) is 54.9 Å². The minimum Gasteiger partial charge on any atom is -0.323 e. The highest BCUT2D eigenvalue weighted by Crippen LogP contribution is 2.27. The number of hydrogen-bond donors (Lipinski definition) is 1. The number of nitrogens with zero attached hydrogens (tertiary/aromatic N) is 2. The van der Waals surface area contributed by atoms with Crippen LogP contribution in [0.15, 0.2) is 22.5 Å². The van der Waals surface area contributed by atoms with E-state index in [-0.39, 0.29) is 16.6 Å². The van der Waals surface area contributed by atoms with E-state index in [4.69, 9.17) is 11.6 Å². The highest BCUT2D eigenvalue weighted by Gasteiger charge is 2.18. The Bertz CT molecular complexity index is 635. The van der Waals surface area contributed by atoms with E-state index < -0.39 is 11.1 Å². The van der Waals surface area contributed by atoms with Gasteiger partial charge in [-0.05, 0) is 32.0 Å². The van der Waals surface area contributed by atoms with E-state index in [1.165, 1.54) is 35.2 Å². The van der Waals surface area contributed by atoms with E-state index in [0.29, 0.717) is 4.34 Å². The van der Waals surface area contributed by atoms with Crippen LogP contribution in [0.4, 0.5) is 10.1 Å². The maximum Gasteiger partial charge on any atom is 0.237 e. The molecule has 2 aromatic rings. The third-order valence-corrected chi connectivity index (χ3v) is 4.60. The number of thioether (sulfide) groups is 1. The molecule has 1 aromatic heterocycles. The normalized spacial score (nSPS) is 12.2. The molecule has 0 saturated carbocycles. The molecule has 8 heteroatoms. The van der Waals surface area contributed by atoms with Crippen molar-refractivity contribution in [2.45, 2.75) is 23.4 Å². The highest BCUT2D eigenvalue weighted by atomic mass is 35.5. The third kappa shape index (κ3) is 3.91. The maximum absolute atomic E-state index is 13.6. The fourth-order valence-electron chi connectivity index (χ4n) is 1.36. The summed E-state index contributed by atoms with van der Waals surface area (Å²) in [4.78, 5) is 12.0. The summed E-state index contributed by atoms with van der Waals surface area (Å²) in [6, 6.07) is 4.11. The van der Waals surface area contributed by atoms with E-state index in [1.54, 1.807) is 6.92 Å². The summed E-state index contributed by atoms with van der Waals surface area (Å²) >= 11 is 8.35. The number of rotatable bonds is 4. The van der Waals surface area contributed by atoms with Crippen LogP contribution >= 0.6 is 34.7 Å². The van der Waals surface area contributed by atoms with Gasteiger partial charge in [0.2, 0.25) is 5.91 Å². The standard InChI is InChI=1S/C12H11ClFN3OS2/c1-6(19-12-17-16-7(2)20-12)11(18)15-10-4-3-8(13)5-9(10)14/h3-6H,1-2H3,(H,15,18)/t6-/m0/s1. The molecule has 0 spiro atoms. The van der Waals surface area contributed by atoms with Gasteiger partial charge in [-0.1, -0.05) is 34.7 Å². The summed E-state index contributed by atoms with van der Waals surface area (Å²) in [6.07, 6.45) is 0. The average Bonchev–Trinajstić information content (AvgIpc) is 2.78. The van der Waals surface area contributed by atoms with Crippen molar-refractivity contribution in [1.82, 2.24) is 10.2 Å². The number of halogens is 2. The summed E-state index contributed by atoms with van der Waals surface area (Å²) in [6.45, 7) is 3.57. The maximum atomic E-state index is 13.6. The molecule has 1 N–H and O–H groups in total. The third-order valence-electron chi connectivity index (χ3n) is 2.34. The molecule has 0 saturated heterocycles. The van der Waals surface area contributed by atoms with Gasteiger partial charge in [0.25, 0.3) is 0 Å². The molecule has 0 radical (unpaired) electrons. The van der Waals surface area contributed by atoms with Crippen LogP contribution in [-0.4, -0.2) is 21.4 Å². The second-order valence-electron chi connectivity index (χ2n) is 3.96. The molecule has 0 bridgehead atoms. The van der Waals surface area contributed by atoms with E-state index in [0.717, 1.165) is 11.1 Å². The van der Waals surface area contributed by atoms with Crippen LogP contribution in [0.2, 0.25) is 5.02 Å². The second kappa shape index (κ2) is 6.51. The van der Waals surface area contributed by atoms with Crippen LogP contribution in [0.5, 0.6) is 0 Å². The van der Waals surface area contributed by atoms with E-state index >= 15 is 0 Å². The van der Waals surface area contributed by atoms with Crippen molar-refractivity contribution in [3.8, 4) is 0 Å². The SMILES string of the molecule is Cc1nnc(S[C@@H](C)C(=O)Nc2ccc(Cl)cc2F)s1. The minimum absolute atomic E-state index is 0.111. The van der Waals surface area contributed by atoms with Gasteiger partial charge in [-0.15, -0.1) is 10.2 Å². The molecule has 4 nitrogen and oxygen atoms in total. The molecule has 106 valence electrons. The van der Waals surface area contributed by atoms with Crippen molar-refractivity contribution in [1.29, 1.82) is 0 Å².